The van der Waals surface area contributed by atoms with Gasteiger partial charge in [-0.25, -0.2) is 8.42 Å². The zero-order valence-corrected chi connectivity index (χ0v) is 26.3. The van der Waals surface area contributed by atoms with Crippen LogP contribution < -0.4 is 9.62 Å². The minimum atomic E-state index is -4.16. The number of anilines is 1. The summed E-state index contributed by atoms with van der Waals surface area (Å²) in [6, 6.07) is 18.0. The number of nitrogens with one attached hydrogen (secondary N) is 1. The lowest BCUT2D eigenvalue weighted by Crippen LogP contribution is -2.51. The normalized spacial score (nSPS) is 12.1. The number of rotatable bonds is 12. The van der Waals surface area contributed by atoms with Crippen molar-refractivity contribution in [1.29, 1.82) is 0 Å². The Hall–Kier alpha value is -2.88. The van der Waals surface area contributed by atoms with Gasteiger partial charge in [0.25, 0.3) is 10.0 Å². The highest BCUT2D eigenvalue weighted by Crippen LogP contribution is 2.31. The number of nitrogens with zero attached hydrogens (tertiary/aromatic N) is 2. The topological polar surface area (TPSA) is 86.8 Å². The largest absolute Gasteiger partial charge is 0.354 e. The summed E-state index contributed by atoms with van der Waals surface area (Å²) in [5.74, 6) is -0.818. The van der Waals surface area contributed by atoms with E-state index in [1.54, 1.807) is 44.2 Å². The molecule has 3 aromatic carbocycles. The predicted octanol–water partition coefficient (Wildman–Crippen LogP) is 6.25. The Kier molecular flexibility index (Phi) is 11.2. The Morgan fingerprint density at radius 2 is 1.65 bits per heavy atom. The van der Waals surface area contributed by atoms with E-state index in [0.717, 1.165) is 32.7 Å². The second-order valence-electron chi connectivity index (χ2n) is 9.68. The first-order chi connectivity index (χ1) is 18.9. The van der Waals surface area contributed by atoms with Crippen molar-refractivity contribution in [2.75, 3.05) is 17.4 Å². The average molecular weight is 649 g/mol. The summed E-state index contributed by atoms with van der Waals surface area (Å²) in [6.45, 7) is 7.37. The molecule has 0 fully saturated rings. The standard InChI is InChI=1S/C30H35BrClN3O4S/c1-5-6-18-33-30(37)23(4)34(19-24-12-14-25(31)15-13-24)29(36)20-35(28-9-7-8-27(32)22(28)3)40(38,39)26-16-10-21(2)11-17-26/h7-17,23H,5-6,18-20H2,1-4H3,(H,33,37)/t23-/m0/s1. The van der Waals surface area contributed by atoms with Crippen molar-refractivity contribution in [2.45, 2.75) is 58.0 Å². The number of unbranched alkanes of at least 4 members (excludes halogenated alkanes) is 1. The van der Waals surface area contributed by atoms with Crippen LogP contribution in [0.25, 0.3) is 0 Å². The molecule has 0 spiro atoms. The maximum Gasteiger partial charge on any atom is 0.264 e. The zero-order chi connectivity index (χ0) is 29.4. The number of benzene rings is 3. The van der Waals surface area contributed by atoms with E-state index in [4.69, 9.17) is 11.6 Å². The SMILES string of the molecule is CCCCNC(=O)[C@H](C)N(Cc1ccc(Br)cc1)C(=O)CN(c1cccc(Cl)c1C)S(=O)(=O)c1ccc(C)cc1. The van der Waals surface area contributed by atoms with Crippen molar-refractivity contribution in [2.24, 2.45) is 0 Å². The molecule has 3 aromatic rings. The lowest BCUT2D eigenvalue weighted by molar-refractivity contribution is -0.139. The van der Waals surface area contributed by atoms with Crippen molar-refractivity contribution < 1.29 is 18.0 Å². The van der Waals surface area contributed by atoms with Gasteiger partial charge in [0.15, 0.2) is 0 Å². The molecule has 1 N–H and O–H groups in total. The van der Waals surface area contributed by atoms with Crippen LogP contribution in [0.2, 0.25) is 5.02 Å². The molecule has 0 saturated heterocycles. The smallest absolute Gasteiger partial charge is 0.264 e. The van der Waals surface area contributed by atoms with Gasteiger partial charge in [-0.1, -0.05) is 76.8 Å². The summed E-state index contributed by atoms with van der Waals surface area (Å²) in [7, 11) is -4.16. The van der Waals surface area contributed by atoms with Gasteiger partial charge in [0.1, 0.15) is 12.6 Å². The van der Waals surface area contributed by atoms with E-state index in [1.165, 1.54) is 17.0 Å². The molecule has 0 aliphatic rings. The number of carbonyl (C=O) groups is 2. The van der Waals surface area contributed by atoms with E-state index in [2.05, 4.69) is 21.2 Å². The summed E-state index contributed by atoms with van der Waals surface area (Å²) in [6.07, 6.45) is 1.73. The second kappa shape index (κ2) is 14.1. The maximum absolute atomic E-state index is 14.0. The second-order valence-corrected chi connectivity index (χ2v) is 12.9. The summed E-state index contributed by atoms with van der Waals surface area (Å²) in [5, 5.41) is 3.27. The molecule has 40 heavy (non-hydrogen) atoms. The number of aryl methyl sites for hydroxylation is 1. The highest BCUT2D eigenvalue weighted by Gasteiger charge is 2.33. The first-order valence-electron chi connectivity index (χ1n) is 13.1. The molecule has 1 atom stereocenters. The third-order valence-corrected chi connectivity index (χ3v) is 9.37. The fourth-order valence-corrected chi connectivity index (χ4v) is 6.03. The highest BCUT2D eigenvalue weighted by molar-refractivity contribution is 9.10. The van der Waals surface area contributed by atoms with Gasteiger partial charge in [0.2, 0.25) is 11.8 Å². The van der Waals surface area contributed by atoms with Gasteiger partial charge in [-0.05, 0) is 74.7 Å². The molecule has 0 bridgehead atoms. The molecule has 2 amide bonds. The monoisotopic (exact) mass is 647 g/mol. The third-order valence-electron chi connectivity index (χ3n) is 6.66. The molecule has 0 unspecified atom stereocenters. The summed E-state index contributed by atoms with van der Waals surface area (Å²) < 4.78 is 29.9. The lowest BCUT2D eigenvalue weighted by Gasteiger charge is -2.32. The van der Waals surface area contributed by atoms with Crippen molar-refractivity contribution in [1.82, 2.24) is 10.2 Å². The zero-order valence-electron chi connectivity index (χ0n) is 23.2. The van der Waals surface area contributed by atoms with Crippen LogP contribution in [-0.2, 0) is 26.2 Å². The van der Waals surface area contributed by atoms with Crippen LogP contribution in [0.4, 0.5) is 5.69 Å². The molecule has 0 aliphatic heterocycles. The Morgan fingerprint density at radius 3 is 2.27 bits per heavy atom. The van der Waals surface area contributed by atoms with E-state index in [9.17, 15) is 18.0 Å². The van der Waals surface area contributed by atoms with Gasteiger partial charge >= 0.3 is 0 Å². The predicted molar refractivity (Wildman–Crippen MR) is 164 cm³/mol. The van der Waals surface area contributed by atoms with Crippen molar-refractivity contribution in [3.05, 3.63) is 92.9 Å². The van der Waals surface area contributed by atoms with Gasteiger partial charge in [0.05, 0.1) is 10.6 Å². The molecule has 10 heteroatoms. The van der Waals surface area contributed by atoms with Crippen LogP contribution in [0, 0.1) is 13.8 Å². The van der Waals surface area contributed by atoms with E-state index >= 15 is 0 Å². The fraction of sp³-hybridized carbons (Fsp3) is 0.333. The van der Waals surface area contributed by atoms with Gasteiger partial charge in [0, 0.05) is 22.6 Å². The van der Waals surface area contributed by atoms with Crippen molar-refractivity contribution in [3.8, 4) is 0 Å². The Balaban J connectivity index is 2.04. The molecule has 0 heterocycles. The Bertz CT molecular complexity index is 1430. The van der Waals surface area contributed by atoms with Gasteiger partial charge in [-0.15, -0.1) is 0 Å². The molecular formula is C30H35BrClN3O4S. The Morgan fingerprint density at radius 1 is 1.00 bits per heavy atom. The van der Waals surface area contributed by atoms with Crippen LogP contribution >= 0.6 is 27.5 Å². The molecule has 7 nitrogen and oxygen atoms in total. The average Bonchev–Trinajstić information content (AvgIpc) is 2.93. The lowest BCUT2D eigenvalue weighted by atomic mass is 10.1. The minimum Gasteiger partial charge on any atom is -0.354 e. The number of hydrogen-bond acceptors (Lipinski definition) is 4. The van der Waals surface area contributed by atoms with E-state index < -0.39 is 28.5 Å². The molecule has 0 radical (unpaired) electrons. The fourth-order valence-electron chi connectivity index (χ4n) is 4.12. The highest BCUT2D eigenvalue weighted by atomic mass is 79.9. The minimum absolute atomic E-state index is 0.0510. The Labute approximate surface area is 250 Å². The molecule has 0 saturated carbocycles. The van der Waals surface area contributed by atoms with Crippen LogP contribution in [0.3, 0.4) is 0 Å². The van der Waals surface area contributed by atoms with Crippen molar-refractivity contribution in [3.63, 3.8) is 0 Å². The van der Waals surface area contributed by atoms with E-state index in [-0.39, 0.29) is 17.3 Å². The maximum atomic E-state index is 14.0. The van der Waals surface area contributed by atoms with Crippen LogP contribution in [0.5, 0.6) is 0 Å². The van der Waals surface area contributed by atoms with Gasteiger partial charge < -0.3 is 10.2 Å². The molecule has 3 rings (SSSR count). The first kappa shape index (κ1) is 31.6. The third kappa shape index (κ3) is 7.86. The molecular weight excluding hydrogens is 614 g/mol. The van der Waals surface area contributed by atoms with E-state index in [0.29, 0.717) is 22.8 Å². The molecule has 0 aromatic heterocycles. The van der Waals surface area contributed by atoms with Crippen LogP contribution in [0.1, 0.15) is 43.4 Å². The van der Waals surface area contributed by atoms with Crippen molar-refractivity contribution >= 4 is 55.1 Å². The number of hydrogen-bond donors (Lipinski definition) is 1. The number of carbonyl (C=O) groups excluding carboxylic acids is 2. The molecule has 0 aliphatic carbocycles. The summed E-state index contributed by atoms with van der Waals surface area (Å²) in [4.78, 5) is 28.5. The van der Waals surface area contributed by atoms with E-state index in [1.807, 2.05) is 38.1 Å². The number of halogens is 2. The first-order valence-corrected chi connectivity index (χ1v) is 15.7. The van der Waals surface area contributed by atoms with Crippen LogP contribution in [-0.4, -0.2) is 44.3 Å². The van der Waals surface area contributed by atoms with Gasteiger partial charge in [-0.3, -0.25) is 13.9 Å². The number of amides is 2. The summed E-state index contributed by atoms with van der Waals surface area (Å²) >= 11 is 9.79. The molecule has 214 valence electrons. The quantitative estimate of drug-likeness (QED) is 0.235. The van der Waals surface area contributed by atoms with Gasteiger partial charge in [-0.2, -0.15) is 0 Å². The van der Waals surface area contributed by atoms with Crippen LogP contribution in [0.15, 0.2) is 76.1 Å². The number of sulfonamides is 1. The summed E-state index contributed by atoms with van der Waals surface area (Å²) in [5.41, 5.74) is 2.53.